The summed E-state index contributed by atoms with van der Waals surface area (Å²) in [5.74, 6) is 0.192. The predicted molar refractivity (Wildman–Crippen MR) is 75.8 cm³/mol. The fourth-order valence-electron chi connectivity index (χ4n) is 2.39. The van der Waals surface area contributed by atoms with Crippen LogP contribution in [0.25, 0.3) is 11.0 Å². The van der Waals surface area contributed by atoms with Crippen LogP contribution in [0.15, 0.2) is 47.1 Å². The summed E-state index contributed by atoms with van der Waals surface area (Å²) in [6.45, 7) is 2.05. The number of nitrogens with two attached hydrogens (primary N) is 1. The first-order chi connectivity index (χ1) is 9.70. The second-order valence-electron chi connectivity index (χ2n) is 4.71. The molecule has 0 aliphatic carbocycles. The van der Waals surface area contributed by atoms with E-state index < -0.39 is 6.04 Å². The molecule has 102 valence electrons. The molecule has 0 amide bonds. The Bertz CT molecular complexity index is 751. The van der Waals surface area contributed by atoms with Crippen LogP contribution in [0.3, 0.4) is 0 Å². The summed E-state index contributed by atoms with van der Waals surface area (Å²) in [5.41, 5.74) is 8.55. The molecule has 1 atom stereocenters. The Morgan fingerprint density at radius 1 is 1.35 bits per heavy atom. The maximum atomic E-state index is 13.7. The molecule has 4 heteroatoms. The summed E-state index contributed by atoms with van der Waals surface area (Å²) in [6, 6.07) is 8.11. The summed E-state index contributed by atoms with van der Waals surface area (Å²) in [5, 5.41) is 0.725. The van der Waals surface area contributed by atoms with Gasteiger partial charge in [0, 0.05) is 17.8 Å². The Morgan fingerprint density at radius 3 is 2.95 bits per heavy atom. The topological polar surface area (TPSA) is 52.0 Å². The molecule has 1 unspecified atom stereocenters. The van der Waals surface area contributed by atoms with Gasteiger partial charge in [0.05, 0.1) is 6.04 Å². The number of hydrogen-bond acceptors (Lipinski definition) is 3. The zero-order valence-corrected chi connectivity index (χ0v) is 11.1. The summed E-state index contributed by atoms with van der Waals surface area (Å²) >= 11 is 0. The molecule has 2 N–H and O–H groups in total. The molecule has 0 radical (unpaired) electrons. The first-order valence-corrected chi connectivity index (χ1v) is 6.57. The highest BCUT2D eigenvalue weighted by Gasteiger charge is 2.18. The van der Waals surface area contributed by atoms with Crippen LogP contribution < -0.4 is 5.73 Å². The van der Waals surface area contributed by atoms with Crippen LogP contribution in [0.5, 0.6) is 0 Å². The highest BCUT2D eigenvalue weighted by molar-refractivity contribution is 5.78. The van der Waals surface area contributed by atoms with E-state index in [9.17, 15) is 4.39 Å². The maximum Gasteiger partial charge on any atom is 0.169 e. The first kappa shape index (κ1) is 12.8. The Balaban J connectivity index is 2.08. The molecule has 0 saturated carbocycles. The molecular formula is C16H15FN2O. The minimum absolute atomic E-state index is 0.255. The van der Waals surface area contributed by atoms with Crippen molar-refractivity contribution in [3.63, 3.8) is 0 Å². The monoisotopic (exact) mass is 270 g/mol. The number of furan rings is 1. The lowest BCUT2D eigenvalue weighted by Crippen LogP contribution is -2.13. The van der Waals surface area contributed by atoms with E-state index in [4.69, 9.17) is 10.2 Å². The molecule has 2 aromatic heterocycles. The van der Waals surface area contributed by atoms with Gasteiger partial charge in [-0.1, -0.05) is 19.1 Å². The third-order valence-corrected chi connectivity index (χ3v) is 3.48. The Hall–Kier alpha value is -2.20. The molecule has 0 fully saturated rings. The van der Waals surface area contributed by atoms with E-state index >= 15 is 0 Å². The number of fused-ring (bicyclic) bond motifs is 1. The molecule has 3 nitrogen and oxygen atoms in total. The molecule has 0 aliphatic heterocycles. The molecule has 0 bridgehead atoms. The Morgan fingerprint density at radius 2 is 2.20 bits per heavy atom. The molecule has 20 heavy (non-hydrogen) atoms. The lowest BCUT2D eigenvalue weighted by Gasteiger charge is -2.12. The molecule has 0 aliphatic rings. The van der Waals surface area contributed by atoms with Crippen molar-refractivity contribution in [3.8, 4) is 0 Å². The highest BCUT2D eigenvalue weighted by atomic mass is 19.1. The summed E-state index contributed by atoms with van der Waals surface area (Å²) in [6.07, 6.45) is 4.35. The largest absolute Gasteiger partial charge is 0.456 e. The summed E-state index contributed by atoms with van der Waals surface area (Å²) in [4.78, 5) is 4.10. The van der Waals surface area contributed by atoms with Crippen LogP contribution in [-0.4, -0.2) is 4.98 Å². The van der Waals surface area contributed by atoms with Gasteiger partial charge in [-0.05, 0) is 35.7 Å². The van der Waals surface area contributed by atoms with E-state index in [1.807, 2.05) is 19.1 Å². The van der Waals surface area contributed by atoms with Crippen LogP contribution in [0, 0.1) is 5.82 Å². The van der Waals surface area contributed by atoms with Gasteiger partial charge < -0.3 is 10.2 Å². The Labute approximate surface area is 116 Å². The zero-order chi connectivity index (χ0) is 14.1. The van der Waals surface area contributed by atoms with Crippen LogP contribution in [0.4, 0.5) is 4.39 Å². The van der Waals surface area contributed by atoms with E-state index in [1.165, 1.54) is 6.07 Å². The van der Waals surface area contributed by atoms with E-state index in [-0.39, 0.29) is 11.4 Å². The second-order valence-corrected chi connectivity index (χ2v) is 4.71. The van der Waals surface area contributed by atoms with Crippen molar-refractivity contribution >= 4 is 11.0 Å². The van der Waals surface area contributed by atoms with E-state index in [0.29, 0.717) is 5.76 Å². The van der Waals surface area contributed by atoms with Crippen molar-refractivity contribution in [2.45, 2.75) is 19.4 Å². The van der Waals surface area contributed by atoms with Crippen molar-refractivity contribution in [1.82, 2.24) is 4.98 Å². The van der Waals surface area contributed by atoms with Gasteiger partial charge in [-0.2, -0.15) is 0 Å². The van der Waals surface area contributed by atoms with Gasteiger partial charge in [-0.3, -0.25) is 4.98 Å². The van der Waals surface area contributed by atoms with Crippen LogP contribution in [-0.2, 0) is 6.42 Å². The normalized spacial score (nSPS) is 12.8. The van der Waals surface area contributed by atoms with Gasteiger partial charge in [0.15, 0.2) is 11.4 Å². The minimum atomic E-state index is -0.417. The van der Waals surface area contributed by atoms with E-state index in [0.717, 1.165) is 22.9 Å². The molecule has 0 saturated heterocycles. The lowest BCUT2D eigenvalue weighted by molar-refractivity contribution is 0.501. The summed E-state index contributed by atoms with van der Waals surface area (Å²) in [7, 11) is 0. The van der Waals surface area contributed by atoms with Gasteiger partial charge in [0.2, 0.25) is 0 Å². The summed E-state index contributed by atoms with van der Waals surface area (Å²) < 4.78 is 19.3. The Kier molecular flexibility index (Phi) is 3.24. The van der Waals surface area contributed by atoms with Crippen LogP contribution in [0.2, 0.25) is 0 Å². The molecule has 2 heterocycles. The van der Waals surface area contributed by atoms with Crippen LogP contribution in [0.1, 0.15) is 29.9 Å². The molecular weight excluding hydrogens is 255 g/mol. The molecule has 3 rings (SSSR count). The number of aryl methyl sites for hydroxylation is 1. The zero-order valence-electron chi connectivity index (χ0n) is 11.1. The minimum Gasteiger partial charge on any atom is -0.456 e. The highest BCUT2D eigenvalue weighted by Crippen LogP contribution is 2.29. The number of para-hydroxylation sites is 1. The third kappa shape index (κ3) is 2.08. The van der Waals surface area contributed by atoms with Gasteiger partial charge >= 0.3 is 0 Å². The number of benzene rings is 1. The standard InChI is InChI=1S/C16H15FN2O/c1-2-10-9-19-7-6-12(10)15(18)14-8-11-4-3-5-13(17)16(11)20-14/h3-9,15H,2,18H2,1H3. The van der Waals surface area contributed by atoms with Gasteiger partial charge in [-0.15, -0.1) is 0 Å². The number of halogens is 1. The van der Waals surface area contributed by atoms with E-state index in [2.05, 4.69) is 4.98 Å². The number of aromatic nitrogens is 1. The van der Waals surface area contributed by atoms with Crippen molar-refractivity contribution in [1.29, 1.82) is 0 Å². The predicted octanol–water partition coefficient (Wildman–Crippen LogP) is 3.58. The fraction of sp³-hybridized carbons (Fsp3) is 0.188. The molecule has 0 spiro atoms. The number of pyridine rings is 1. The average molecular weight is 270 g/mol. The average Bonchev–Trinajstić information content (AvgIpc) is 2.92. The third-order valence-electron chi connectivity index (χ3n) is 3.48. The first-order valence-electron chi connectivity index (χ1n) is 6.57. The number of rotatable bonds is 3. The SMILES string of the molecule is CCc1cnccc1C(N)c1cc2cccc(F)c2o1. The van der Waals surface area contributed by atoms with E-state index in [1.54, 1.807) is 24.5 Å². The number of nitrogens with zero attached hydrogens (tertiary/aromatic N) is 1. The van der Waals surface area contributed by atoms with Gasteiger partial charge in [-0.25, -0.2) is 4.39 Å². The number of hydrogen-bond donors (Lipinski definition) is 1. The van der Waals surface area contributed by atoms with Crippen LogP contribution >= 0.6 is 0 Å². The fourth-order valence-corrected chi connectivity index (χ4v) is 2.39. The van der Waals surface area contributed by atoms with Gasteiger partial charge in [0.1, 0.15) is 5.76 Å². The van der Waals surface area contributed by atoms with Crippen molar-refractivity contribution in [2.75, 3.05) is 0 Å². The van der Waals surface area contributed by atoms with Crippen molar-refractivity contribution < 1.29 is 8.81 Å². The van der Waals surface area contributed by atoms with Crippen molar-refractivity contribution in [2.24, 2.45) is 5.73 Å². The molecule has 1 aromatic carbocycles. The quantitative estimate of drug-likeness (QED) is 0.791. The lowest BCUT2D eigenvalue weighted by atomic mass is 10.00. The maximum absolute atomic E-state index is 13.7. The van der Waals surface area contributed by atoms with Crippen molar-refractivity contribution in [3.05, 3.63) is 65.4 Å². The second kappa shape index (κ2) is 5.06. The van der Waals surface area contributed by atoms with Gasteiger partial charge in [0.25, 0.3) is 0 Å². The molecule has 3 aromatic rings. The smallest absolute Gasteiger partial charge is 0.169 e.